The highest BCUT2D eigenvalue weighted by atomic mass is 16.3. The summed E-state index contributed by atoms with van der Waals surface area (Å²) in [5.74, 6) is 0.635. The molecule has 1 atom stereocenters. The third-order valence-electron chi connectivity index (χ3n) is 2.49. The van der Waals surface area contributed by atoms with Crippen LogP contribution >= 0.6 is 0 Å². The molecule has 1 fully saturated rings. The summed E-state index contributed by atoms with van der Waals surface area (Å²) in [6.07, 6.45) is 2.06. The maximum absolute atomic E-state index is 8.74. The molecule has 1 rings (SSSR count). The molecule has 0 amide bonds. The van der Waals surface area contributed by atoms with E-state index in [1.165, 1.54) is 0 Å². The van der Waals surface area contributed by atoms with Gasteiger partial charge < -0.3 is 10.0 Å². The molecule has 74 valence electrons. The molecule has 0 aliphatic carbocycles. The molecule has 0 aromatic rings. The molecule has 0 aromatic carbocycles. The lowest BCUT2D eigenvalue weighted by Gasteiger charge is -2.13. The van der Waals surface area contributed by atoms with Crippen LogP contribution in [0.1, 0.15) is 12.8 Å². The van der Waals surface area contributed by atoms with Gasteiger partial charge in [0.25, 0.3) is 0 Å². The number of hydrogen-bond donors (Lipinski definition) is 1. The van der Waals surface area contributed by atoms with Crippen LogP contribution in [0.15, 0.2) is 5.11 Å². The zero-order chi connectivity index (χ0) is 9.52. The zero-order valence-electron chi connectivity index (χ0n) is 7.76. The van der Waals surface area contributed by atoms with Gasteiger partial charge in [-0.3, -0.25) is 0 Å². The molecule has 1 N–H and O–H groups in total. The fraction of sp³-hybridized carbons (Fsp3) is 1.00. The Kier molecular flexibility index (Phi) is 4.60. The highest BCUT2D eigenvalue weighted by Gasteiger charge is 2.20. The van der Waals surface area contributed by atoms with Gasteiger partial charge in [-0.05, 0) is 30.8 Å². The summed E-state index contributed by atoms with van der Waals surface area (Å²) in [7, 11) is 0. The number of rotatable bonds is 5. The summed E-state index contributed by atoms with van der Waals surface area (Å²) in [4.78, 5) is 5.00. The molecule has 1 saturated heterocycles. The molecule has 1 aliphatic rings. The third-order valence-corrected chi connectivity index (χ3v) is 2.49. The Morgan fingerprint density at radius 3 is 3.15 bits per heavy atom. The normalized spacial score (nSPS) is 23.0. The molecular formula is C8H16N4O. The lowest BCUT2D eigenvalue weighted by molar-refractivity contribution is 0.252. The minimum absolute atomic E-state index is 0.287. The van der Waals surface area contributed by atoms with Gasteiger partial charge in [-0.25, -0.2) is 0 Å². The van der Waals surface area contributed by atoms with Gasteiger partial charge in [0.1, 0.15) is 0 Å². The molecule has 0 spiro atoms. The summed E-state index contributed by atoms with van der Waals surface area (Å²) < 4.78 is 0. The Balaban J connectivity index is 2.13. The van der Waals surface area contributed by atoms with Crippen molar-refractivity contribution >= 4 is 0 Å². The van der Waals surface area contributed by atoms with Gasteiger partial charge in [0.2, 0.25) is 0 Å². The van der Waals surface area contributed by atoms with Crippen LogP contribution in [0.4, 0.5) is 0 Å². The molecular weight excluding hydrogens is 168 g/mol. The van der Waals surface area contributed by atoms with Crippen molar-refractivity contribution in [1.82, 2.24) is 4.90 Å². The van der Waals surface area contributed by atoms with Gasteiger partial charge in [-0.2, -0.15) is 0 Å². The Hall–Kier alpha value is -0.770. The second-order valence-corrected chi connectivity index (χ2v) is 3.42. The summed E-state index contributed by atoms with van der Waals surface area (Å²) >= 11 is 0. The first kappa shape index (κ1) is 10.3. The van der Waals surface area contributed by atoms with E-state index in [1.807, 2.05) is 0 Å². The van der Waals surface area contributed by atoms with Gasteiger partial charge in [-0.1, -0.05) is 5.11 Å². The van der Waals surface area contributed by atoms with Crippen LogP contribution in [0.25, 0.3) is 10.4 Å². The van der Waals surface area contributed by atoms with Crippen molar-refractivity contribution in [3.05, 3.63) is 10.4 Å². The molecule has 5 nitrogen and oxygen atoms in total. The Morgan fingerprint density at radius 2 is 2.46 bits per heavy atom. The first-order valence-corrected chi connectivity index (χ1v) is 4.71. The van der Waals surface area contributed by atoms with Crippen LogP contribution in [-0.2, 0) is 0 Å². The minimum atomic E-state index is 0.287. The van der Waals surface area contributed by atoms with Crippen molar-refractivity contribution in [3.63, 3.8) is 0 Å². The van der Waals surface area contributed by atoms with E-state index in [0.717, 1.165) is 32.5 Å². The maximum Gasteiger partial charge on any atom is 0.0434 e. The number of likely N-dealkylation sites (tertiary alicyclic amines) is 1. The van der Waals surface area contributed by atoms with Crippen molar-refractivity contribution in [1.29, 1.82) is 0 Å². The van der Waals surface area contributed by atoms with Crippen molar-refractivity contribution in [3.8, 4) is 0 Å². The van der Waals surface area contributed by atoms with Crippen molar-refractivity contribution < 1.29 is 5.11 Å². The molecule has 1 unspecified atom stereocenters. The van der Waals surface area contributed by atoms with E-state index >= 15 is 0 Å². The van der Waals surface area contributed by atoms with E-state index in [4.69, 9.17) is 10.6 Å². The van der Waals surface area contributed by atoms with E-state index in [-0.39, 0.29) is 6.61 Å². The van der Waals surface area contributed by atoms with Gasteiger partial charge in [0.05, 0.1) is 0 Å². The second kappa shape index (κ2) is 5.80. The quantitative estimate of drug-likeness (QED) is 0.393. The van der Waals surface area contributed by atoms with E-state index in [2.05, 4.69) is 14.9 Å². The van der Waals surface area contributed by atoms with Gasteiger partial charge in [0, 0.05) is 31.2 Å². The Bertz CT molecular complexity index is 191. The van der Waals surface area contributed by atoms with Gasteiger partial charge in [0.15, 0.2) is 0 Å². The van der Waals surface area contributed by atoms with Gasteiger partial charge in [-0.15, -0.1) is 0 Å². The molecule has 0 radical (unpaired) electrons. The summed E-state index contributed by atoms with van der Waals surface area (Å²) in [6.45, 7) is 3.82. The van der Waals surface area contributed by atoms with Crippen LogP contribution in [-0.4, -0.2) is 42.8 Å². The first-order chi connectivity index (χ1) is 6.36. The summed E-state index contributed by atoms with van der Waals surface area (Å²) in [6, 6.07) is 0. The monoisotopic (exact) mass is 184 g/mol. The third kappa shape index (κ3) is 3.63. The molecule has 1 aliphatic heterocycles. The average Bonchev–Trinajstić information content (AvgIpc) is 2.54. The van der Waals surface area contributed by atoms with Crippen molar-refractivity contribution in [2.24, 2.45) is 11.0 Å². The number of aliphatic hydroxyl groups excluding tert-OH is 1. The van der Waals surface area contributed by atoms with Crippen LogP contribution < -0.4 is 0 Å². The van der Waals surface area contributed by atoms with E-state index in [1.54, 1.807) is 0 Å². The molecule has 0 bridgehead atoms. The first-order valence-electron chi connectivity index (χ1n) is 4.71. The summed E-state index contributed by atoms with van der Waals surface area (Å²) in [5.41, 5.74) is 8.08. The summed E-state index contributed by atoms with van der Waals surface area (Å²) in [5, 5.41) is 12.2. The SMILES string of the molecule is [N-]=[N+]=NCCN1CCC(CCO)C1. The largest absolute Gasteiger partial charge is 0.396 e. The fourth-order valence-electron chi connectivity index (χ4n) is 1.77. The van der Waals surface area contributed by atoms with E-state index in [9.17, 15) is 0 Å². The predicted molar refractivity (Wildman–Crippen MR) is 50.3 cm³/mol. The maximum atomic E-state index is 8.74. The van der Waals surface area contributed by atoms with Crippen molar-refractivity contribution in [2.45, 2.75) is 12.8 Å². The standard InChI is InChI=1S/C8H16N4O/c9-11-10-3-5-12-4-1-8(7-12)2-6-13/h8,13H,1-7H2. The predicted octanol–water partition coefficient (Wildman–Crippen LogP) is 1.00. The van der Waals surface area contributed by atoms with Crippen LogP contribution in [0.2, 0.25) is 0 Å². The minimum Gasteiger partial charge on any atom is -0.396 e. The van der Waals surface area contributed by atoms with Crippen LogP contribution in [0.3, 0.4) is 0 Å². The lowest BCUT2D eigenvalue weighted by Crippen LogP contribution is -2.23. The topological polar surface area (TPSA) is 72.2 Å². The van der Waals surface area contributed by atoms with E-state index in [0.29, 0.717) is 12.5 Å². The fourth-order valence-corrected chi connectivity index (χ4v) is 1.77. The Labute approximate surface area is 78.0 Å². The molecule has 5 heteroatoms. The highest BCUT2D eigenvalue weighted by Crippen LogP contribution is 2.18. The highest BCUT2D eigenvalue weighted by molar-refractivity contribution is 4.75. The zero-order valence-corrected chi connectivity index (χ0v) is 7.76. The molecule has 13 heavy (non-hydrogen) atoms. The smallest absolute Gasteiger partial charge is 0.0434 e. The molecule has 1 heterocycles. The van der Waals surface area contributed by atoms with Crippen LogP contribution in [0.5, 0.6) is 0 Å². The average molecular weight is 184 g/mol. The lowest BCUT2D eigenvalue weighted by atomic mass is 10.1. The van der Waals surface area contributed by atoms with E-state index < -0.39 is 0 Å². The number of hydrogen-bond acceptors (Lipinski definition) is 3. The number of aliphatic hydroxyl groups is 1. The van der Waals surface area contributed by atoms with Gasteiger partial charge >= 0.3 is 0 Å². The number of azide groups is 1. The Morgan fingerprint density at radius 1 is 1.62 bits per heavy atom. The molecule has 0 saturated carbocycles. The van der Waals surface area contributed by atoms with Crippen LogP contribution in [0, 0.1) is 5.92 Å². The van der Waals surface area contributed by atoms with Crippen molar-refractivity contribution in [2.75, 3.05) is 32.8 Å². The second-order valence-electron chi connectivity index (χ2n) is 3.42. The molecule has 0 aromatic heterocycles. The number of nitrogens with zero attached hydrogens (tertiary/aromatic N) is 4.